The summed E-state index contributed by atoms with van der Waals surface area (Å²) in [5, 5.41) is 6.72. The Morgan fingerprint density at radius 2 is 1.86 bits per heavy atom. The van der Waals surface area contributed by atoms with E-state index < -0.39 is 0 Å². The van der Waals surface area contributed by atoms with E-state index in [1.807, 2.05) is 0 Å². The Morgan fingerprint density at radius 1 is 1.23 bits per heavy atom. The molecule has 1 saturated carbocycles. The molecular formula is C17H34N4O. The highest BCUT2D eigenvalue weighted by Gasteiger charge is 2.34. The van der Waals surface area contributed by atoms with Gasteiger partial charge in [-0.15, -0.1) is 0 Å². The molecule has 0 aromatic carbocycles. The van der Waals surface area contributed by atoms with Crippen molar-refractivity contribution in [3.05, 3.63) is 0 Å². The fourth-order valence-electron chi connectivity index (χ4n) is 3.45. The van der Waals surface area contributed by atoms with Gasteiger partial charge in [0.2, 0.25) is 5.91 Å². The number of carbonyl (C=O) groups excluding carboxylic acids is 1. The molecule has 0 atom stereocenters. The molecule has 0 bridgehead atoms. The van der Waals surface area contributed by atoms with E-state index in [1.54, 1.807) is 26.0 Å². The van der Waals surface area contributed by atoms with Gasteiger partial charge in [-0.3, -0.25) is 9.79 Å². The van der Waals surface area contributed by atoms with Crippen LogP contribution in [-0.4, -0.2) is 51.0 Å². The quantitative estimate of drug-likeness (QED) is 0.560. The minimum atomic E-state index is 0.134. The zero-order valence-electron chi connectivity index (χ0n) is 15.0. The number of rotatable bonds is 7. The summed E-state index contributed by atoms with van der Waals surface area (Å²) < 4.78 is 0. The molecule has 1 fully saturated rings. The van der Waals surface area contributed by atoms with Crippen LogP contribution in [0.4, 0.5) is 0 Å². The zero-order chi connectivity index (χ0) is 16.6. The van der Waals surface area contributed by atoms with E-state index in [1.165, 1.54) is 32.1 Å². The maximum Gasteiger partial charge on any atom is 0.223 e. The van der Waals surface area contributed by atoms with Crippen molar-refractivity contribution >= 4 is 11.9 Å². The molecule has 0 aromatic rings. The van der Waals surface area contributed by atoms with E-state index >= 15 is 0 Å². The largest absolute Gasteiger partial charge is 0.356 e. The number of hydrogen-bond acceptors (Lipinski definition) is 2. The average molecular weight is 310 g/mol. The lowest BCUT2D eigenvalue weighted by molar-refractivity contribution is -0.128. The number of amides is 1. The van der Waals surface area contributed by atoms with Crippen LogP contribution in [0.3, 0.4) is 0 Å². The van der Waals surface area contributed by atoms with Gasteiger partial charge in [0.05, 0.1) is 0 Å². The van der Waals surface area contributed by atoms with Gasteiger partial charge in [-0.2, -0.15) is 0 Å². The van der Waals surface area contributed by atoms with Gasteiger partial charge < -0.3 is 15.5 Å². The first-order chi connectivity index (χ1) is 10.4. The van der Waals surface area contributed by atoms with Crippen LogP contribution in [-0.2, 0) is 4.79 Å². The third-order valence-corrected chi connectivity index (χ3v) is 4.49. The molecule has 128 valence electrons. The van der Waals surface area contributed by atoms with Gasteiger partial charge >= 0.3 is 0 Å². The molecule has 0 aliphatic heterocycles. The third-order valence-electron chi connectivity index (χ3n) is 4.49. The molecule has 1 aliphatic carbocycles. The van der Waals surface area contributed by atoms with Crippen LogP contribution in [0.1, 0.15) is 52.4 Å². The van der Waals surface area contributed by atoms with Gasteiger partial charge in [0.1, 0.15) is 0 Å². The van der Waals surface area contributed by atoms with Crippen LogP contribution < -0.4 is 10.6 Å². The molecule has 1 amide bonds. The van der Waals surface area contributed by atoms with E-state index in [0.717, 1.165) is 18.4 Å². The van der Waals surface area contributed by atoms with Gasteiger partial charge in [0.15, 0.2) is 5.96 Å². The van der Waals surface area contributed by atoms with Gasteiger partial charge in [0, 0.05) is 40.7 Å². The first-order valence-corrected chi connectivity index (χ1v) is 8.53. The van der Waals surface area contributed by atoms with Crippen molar-refractivity contribution in [2.45, 2.75) is 52.4 Å². The second-order valence-corrected chi connectivity index (χ2v) is 7.20. The average Bonchev–Trinajstić information content (AvgIpc) is 2.90. The van der Waals surface area contributed by atoms with E-state index in [2.05, 4.69) is 29.5 Å². The molecule has 5 heteroatoms. The predicted octanol–water partition coefficient (Wildman–Crippen LogP) is 2.24. The normalized spacial score (nSPS) is 17.6. The molecule has 1 aliphatic rings. The molecule has 0 heterocycles. The van der Waals surface area contributed by atoms with E-state index in [0.29, 0.717) is 18.4 Å². The Bertz CT molecular complexity index is 371. The number of aliphatic imine (C=N–C) groups is 1. The van der Waals surface area contributed by atoms with Crippen LogP contribution in [0.25, 0.3) is 0 Å². The van der Waals surface area contributed by atoms with Crippen molar-refractivity contribution in [1.82, 2.24) is 15.5 Å². The third kappa shape index (κ3) is 6.24. The Hall–Kier alpha value is -1.26. The maximum atomic E-state index is 11.6. The molecular weight excluding hydrogens is 276 g/mol. The minimum Gasteiger partial charge on any atom is -0.356 e. The summed E-state index contributed by atoms with van der Waals surface area (Å²) in [5.74, 6) is 1.67. The number of nitrogens with zero attached hydrogens (tertiary/aromatic N) is 2. The summed E-state index contributed by atoms with van der Waals surface area (Å²) >= 11 is 0. The topological polar surface area (TPSA) is 56.7 Å². The second-order valence-electron chi connectivity index (χ2n) is 7.20. The molecule has 0 unspecified atom stereocenters. The van der Waals surface area contributed by atoms with Gasteiger partial charge in [-0.25, -0.2) is 0 Å². The van der Waals surface area contributed by atoms with Crippen LogP contribution in [0.15, 0.2) is 4.99 Å². The Balaban J connectivity index is 2.40. The monoisotopic (exact) mass is 310 g/mol. The maximum absolute atomic E-state index is 11.6. The fraction of sp³-hybridized carbons (Fsp3) is 0.882. The standard InChI is InChI=1S/C17H34N4O/c1-14(2)12-17(9-6-7-10-17)13-20-16(18-3)19-11-8-15(22)21(4)5/h14H,6-13H2,1-5H3,(H2,18,19,20). The Labute approximate surface area is 135 Å². The van der Waals surface area contributed by atoms with Crippen molar-refractivity contribution in [1.29, 1.82) is 0 Å². The first kappa shape index (κ1) is 18.8. The SMILES string of the molecule is CN=C(NCCC(=O)N(C)C)NCC1(CC(C)C)CCCC1. The Kier molecular flexibility index (Phi) is 7.69. The summed E-state index contributed by atoms with van der Waals surface area (Å²) in [6.07, 6.45) is 7.08. The summed E-state index contributed by atoms with van der Waals surface area (Å²) in [4.78, 5) is 17.5. The molecule has 0 radical (unpaired) electrons. The lowest BCUT2D eigenvalue weighted by Gasteiger charge is -2.32. The van der Waals surface area contributed by atoms with Crippen LogP contribution in [0.5, 0.6) is 0 Å². The number of hydrogen-bond donors (Lipinski definition) is 2. The highest BCUT2D eigenvalue weighted by atomic mass is 16.2. The number of carbonyl (C=O) groups is 1. The Morgan fingerprint density at radius 3 is 2.36 bits per heavy atom. The molecule has 0 aromatic heterocycles. The minimum absolute atomic E-state index is 0.134. The van der Waals surface area contributed by atoms with Crippen LogP contribution in [0.2, 0.25) is 0 Å². The van der Waals surface area contributed by atoms with Crippen LogP contribution >= 0.6 is 0 Å². The van der Waals surface area contributed by atoms with Gasteiger partial charge in [-0.05, 0) is 30.6 Å². The number of guanidine groups is 1. The second kappa shape index (κ2) is 9.01. The lowest BCUT2D eigenvalue weighted by Crippen LogP contribution is -2.44. The summed E-state index contributed by atoms with van der Waals surface area (Å²) in [5.41, 5.74) is 0.422. The highest BCUT2D eigenvalue weighted by molar-refractivity contribution is 5.81. The summed E-state index contributed by atoms with van der Waals surface area (Å²) in [7, 11) is 5.35. The van der Waals surface area contributed by atoms with Gasteiger partial charge in [-0.1, -0.05) is 26.7 Å². The summed E-state index contributed by atoms with van der Waals surface area (Å²) in [6, 6.07) is 0. The summed E-state index contributed by atoms with van der Waals surface area (Å²) in [6.45, 7) is 6.21. The van der Waals surface area contributed by atoms with Crippen LogP contribution in [0, 0.1) is 11.3 Å². The van der Waals surface area contributed by atoms with E-state index in [9.17, 15) is 4.79 Å². The van der Waals surface area contributed by atoms with Gasteiger partial charge in [0.25, 0.3) is 0 Å². The molecule has 1 rings (SSSR count). The smallest absolute Gasteiger partial charge is 0.223 e. The molecule has 0 spiro atoms. The first-order valence-electron chi connectivity index (χ1n) is 8.53. The van der Waals surface area contributed by atoms with E-state index in [-0.39, 0.29) is 5.91 Å². The van der Waals surface area contributed by atoms with Crippen molar-refractivity contribution in [3.63, 3.8) is 0 Å². The van der Waals surface area contributed by atoms with Crippen molar-refractivity contribution in [3.8, 4) is 0 Å². The predicted molar refractivity (Wildman–Crippen MR) is 93.0 cm³/mol. The van der Waals surface area contributed by atoms with Crippen molar-refractivity contribution in [2.75, 3.05) is 34.2 Å². The zero-order valence-corrected chi connectivity index (χ0v) is 15.0. The molecule has 5 nitrogen and oxygen atoms in total. The molecule has 2 N–H and O–H groups in total. The van der Waals surface area contributed by atoms with Crippen molar-refractivity contribution in [2.24, 2.45) is 16.3 Å². The van der Waals surface area contributed by atoms with Crippen molar-refractivity contribution < 1.29 is 4.79 Å². The molecule has 22 heavy (non-hydrogen) atoms. The highest BCUT2D eigenvalue weighted by Crippen LogP contribution is 2.42. The fourth-order valence-corrected chi connectivity index (χ4v) is 3.45. The van der Waals surface area contributed by atoms with E-state index in [4.69, 9.17) is 0 Å². The molecule has 0 saturated heterocycles. The number of nitrogens with one attached hydrogen (secondary N) is 2. The lowest BCUT2D eigenvalue weighted by atomic mass is 9.78.